The molecule has 0 aromatic heterocycles. The molecule has 0 amide bonds. The molecule has 0 aliphatic carbocycles. The van der Waals surface area contributed by atoms with Crippen molar-refractivity contribution in [1.82, 2.24) is 4.90 Å². The molecule has 2 heteroatoms. The summed E-state index contributed by atoms with van der Waals surface area (Å²) in [5.74, 6) is 0.796. The fourth-order valence-corrected chi connectivity index (χ4v) is 2.75. The molecule has 0 aromatic carbocycles. The molecule has 0 radical (unpaired) electrons. The summed E-state index contributed by atoms with van der Waals surface area (Å²) in [6.45, 7) is 9.08. The van der Waals surface area contributed by atoms with Crippen molar-refractivity contribution >= 4 is 0 Å². The average molecular weight is 228 g/mol. The van der Waals surface area contributed by atoms with Crippen LogP contribution in [0.25, 0.3) is 0 Å². The molecule has 2 N–H and O–H groups in total. The zero-order chi connectivity index (χ0) is 12.8. The topological polar surface area (TPSA) is 29.3 Å². The highest BCUT2D eigenvalue weighted by atomic mass is 15.2. The van der Waals surface area contributed by atoms with Gasteiger partial charge in [-0.2, -0.15) is 0 Å². The van der Waals surface area contributed by atoms with Crippen LogP contribution < -0.4 is 5.73 Å². The molecule has 1 unspecified atom stereocenters. The Bertz CT molecular complexity index is 172. The molecular formula is C14H32N2. The molecule has 0 bridgehead atoms. The van der Waals surface area contributed by atoms with Gasteiger partial charge in [0.1, 0.15) is 0 Å². The lowest BCUT2D eigenvalue weighted by molar-refractivity contribution is 0.100. The van der Waals surface area contributed by atoms with E-state index in [0.29, 0.717) is 6.04 Å². The second-order valence-electron chi connectivity index (χ2n) is 5.64. The van der Waals surface area contributed by atoms with E-state index in [1.807, 2.05) is 0 Å². The van der Waals surface area contributed by atoms with Gasteiger partial charge < -0.3 is 10.6 Å². The summed E-state index contributed by atoms with van der Waals surface area (Å²) in [6, 6.07) is 0.302. The fourth-order valence-electron chi connectivity index (χ4n) is 2.75. The second-order valence-corrected chi connectivity index (χ2v) is 5.64. The van der Waals surface area contributed by atoms with Crippen LogP contribution in [0.15, 0.2) is 0 Å². The Kier molecular flexibility index (Phi) is 7.25. The van der Waals surface area contributed by atoms with Crippen molar-refractivity contribution in [3.8, 4) is 0 Å². The highest BCUT2D eigenvalue weighted by Gasteiger charge is 2.34. The maximum absolute atomic E-state index is 6.42. The third kappa shape index (κ3) is 4.06. The van der Waals surface area contributed by atoms with Crippen molar-refractivity contribution in [1.29, 1.82) is 0 Å². The van der Waals surface area contributed by atoms with Gasteiger partial charge in [-0.25, -0.2) is 0 Å². The first-order chi connectivity index (χ1) is 7.40. The average Bonchev–Trinajstić information content (AvgIpc) is 2.19. The van der Waals surface area contributed by atoms with Crippen LogP contribution in [-0.4, -0.2) is 30.6 Å². The van der Waals surface area contributed by atoms with Gasteiger partial charge in [-0.15, -0.1) is 0 Å². The smallest absolute Gasteiger partial charge is 0.0349 e. The van der Waals surface area contributed by atoms with E-state index in [1.54, 1.807) is 0 Å². The summed E-state index contributed by atoms with van der Waals surface area (Å²) >= 11 is 0. The van der Waals surface area contributed by atoms with E-state index in [2.05, 4.69) is 46.7 Å². The van der Waals surface area contributed by atoms with Crippen LogP contribution in [0, 0.1) is 5.92 Å². The van der Waals surface area contributed by atoms with Gasteiger partial charge in [0.15, 0.2) is 0 Å². The molecule has 0 saturated heterocycles. The largest absolute Gasteiger partial charge is 0.326 e. The van der Waals surface area contributed by atoms with Crippen molar-refractivity contribution in [2.24, 2.45) is 11.7 Å². The van der Waals surface area contributed by atoms with Crippen LogP contribution >= 0.6 is 0 Å². The molecule has 0 spiro atoms. The third-order valence-corrected chi connectivity index (χ3v) is 4.10. The van der Waals surface area contributed by atoms with E-state index < -0.39 is 0 Å². The van der Waals surface area contributed by atoms with Crippen molar-refractivity contribution in [3.05, 3.63) is 0 Å². The van der Waals surface area contributed by atoms with E-state index in [1.165, 1.54) is 12.8 Å². The second kappa shape index (κ2) is 7.29. The van der Waals surface area contributed by atoms with Gasteiger partial charge in [-0.3, -0.25) is 0 Å². The van der Waals surface area contributed by atoms with Gasteiger partial charge in [0, 0.05) is 11.6 Å². The molecular weight excluding hydrogens is 196 g/mol. The van der Waals surface area contributed by atoms with E-state index in [-0.39, 0.29) is 5.54 Å². The monoisotopic (exact) mass is 228 g/mol. The van der Waals surface area contributed by atoms with Gasteiger partial charge in [-0.1, -0.05) is 40.5 Å². The maximum atomic E-state index is 6.42. The van der Waals surface area contributed by atoms with E-state index in [0.717, 1.165) is 25.2 Å². The van der Waals surface area contributed by atoms with Crippen molar-refractivity contribution in [2.75, 3.05) is 14.1 Å². The Labute approximate surface area is 103 Å². The molecule has 0 saturated carbocycles. The predicted octanol–water partition coefficient (Wildman–Crippen LogP) is 3.26. The standard InChI is InChI=1S/C14H32N2/c1-7-14(8-2,16(5)6)13(15)11-9-10-12(3)4/h12-13H,7-11,15H2,1-6H3. The molecule has 98 valence electrons. The summed E-state index contributed by atoms with van der Waals surface area (Å²) in [5, 5.41) is 0. The highest BCUT2D eigenvalue weighted by molar-refractivity contribution is 4.95. The number of hydrogen-bond acceptors (Lipinski definition) is 2. The summed E-state index contributed by atoms with van der Waals surface area (Å²) in [6.07, 6.45) is 5.98. The zero-order valence-electron chi connectivity index (χ0n) is 12.2. The molecule has 0 aliphatic rings. The van der Waals surface area contributed by atoms with Gasteiger partial charge in [0.2, 0.25) is 0 Å². The van der Waals surface area contributed by atoms with Gasteiger partial charge in [0.05, 0.1) is 0 Å². The summed E-state index contributed by atoms with van der Waals surface area (Å²) < 4.78 is 0. The van der Waals surface area contributed by atoms with Crippen LogP contribution in [0.3, 0.4) is 0 Å². The first-order valence-electron chi connectivity index (χ1n) is 6.83. The summed E-state index contributed by atoms with van der Waals surface area (Å²) in [4.78, 5) is 2.33. The van der Waals surface area contributed by atoms with E-state index >= 15 is 0 Å². The Morgan fingerprint density at radius 3 is 1.88 bits per heavy atom. The fraction of sp³-hybridized carbons (Fsp3) is 1.00. The Balaban J connectivity index is 4.33. The number of rotatable bonds is 8. The minimum absolute atomic E-state index is 0.191. The third-order valence-electron chi connectivity index (χ3n) is 4.10. The lowest BCUT2D eigenvalue weighted by atomic mass is 9.81. The van der Waals surface area contributed by atoms with Crippen LogP contribution in [0.5, 0.6) is 0 Å². The SMILES string of the molecule is CCC(CC)(C(N)CCCC(C)C)N(C)C. The van der Waals surface area contributed by atoms with E-state index in [9.17, 15) is 0 Å². The van der Waals surface area contributed by atoms with E-state index in [4.69, 9.17) is 5.73 Å². The number of nitrogens with two attached hydrogens (primary N) is 1. The van der Waals surface area contributed by atoms with Crippen molar-refractivity contribution in [3.63, 3.8) is 0 Å². The first kappa shape index (κ1) is 15.9. The van der Waals surface area contributed by atoms with Gasteiger partial charge in [0.25, 0.3) is 0 Å². The van der Waals surface area contributed by atoms with Crippen LogP contribution in [0.4, 0.5) is 0 Å². The quantitative estimate of drug-likeness (QED) is 0.691. The Morgan fingerprint density at radius 2 is 1.56 bits per heavy atom. The van der Waals surface area contributed by atoms with Crippen LogP contribution in [-0.2, 0) is 0 Å². The van der Waals surface area contributed by atoms with Crippen molar-refractivity contribution in [2.45, 2.75) is 71.4 Å². The Morgan fingerprint density at radius 1 is 1.06 bits per heavy atom. The molecule has 0 rings (SSSR count). The highest BCUT2D eigenvalue weighted by Crippen LogP contribution is 2.27. The predicted molar refractivity (Wildman–Crippen MR) is 73.7 cm³/mol. The summed E-state index contributed by atoms with van der Waals surface area (Å²) in [5.41, 5.74) is 6.61. The molecule has 0 heterocycles. The molecule has 0 fully saturated rings. The number of likely N-dealkylation sites (N-methyl/N-ethyl adjacent to an activating group) is 1. The van der Waals surface area contributed by atoms with Gasteiger partial charge in [-0.05, 0) is 39.3 Å². The number of nitrogens with zero attached hydrogens (tertiary/aromatic N) is 1. The van der Waals surface area contributed by atoms with Gasteiger partial charge >= 0.3 is 0 Å². The molecule has 16 heavy (non-hydrogen) atoms. The maximum Gasteiger partial charge on any atom is 0.0349 e. The minimum Gasteiger partial charge on any atom is -0.326 e. The lowest BCUT2D eigenvalue weighted by Gasteiger charge is -2.43. The van der Waals surface area contributed by atoms with Crippen LogP contribution in [0.1, 0.15) is 59.8 Å². The molecule has 2 nitrogen and oxygen atoms in total. The Hall–Kier alpha value is -0.0800. The normalized spacial score (nSPS) is 14.8. The summed E-state index contributed by atoms with van der Waals surface area (Å²) in [7, 11) is 4.32. The number of hydrogen-bond donors (Lipinski definition) is 1. The van der Waals surface area contributed by atoms with Crippen LogP contribution in [0.2, 0.25) is 0 Å². The minimum atomic E-state index is 0.191. The lowest BCUT2D eigenvalue weighted by Crippen LogP contribution is -2.56. The zero-order valence-corrected chi connectivity index (χ0v) is 12.2. The molecule has 1 atom stereocenters. The molecule has 0 aliphatic heterocycles. The first-order valence-corrected chi connectivity index (χ1v) is 6.83. The molecule has 0 aromatic rings. The van der Waals surface area contributed by atoms with Crippen molar-refractivity contribution < 1.29 is 0 Å².